The second-order valence-corrected chi connectivity index (χ2v) is 4.66. The molecule has 0 amide bonds. The van der Waals surface area contributed by atoms with E-state index < -0.39 is 0 Å². The van der Waals surface area contributed by atoms with Crippen molar-refractivity contribution >= 4 is 21.6 Å². The molecular weight excluding hydrogens is 196 g/mol. The first kappa shape index (κ1) is 9.71. The number of hydrogen-bond donors (Lipinski definition) is 1. The van der Waals surface area contributed by atoms with Crippen molar-refractivity contribution in [2.75, 3.05) is 17.2 Å². The van der Waals surface area contributed by atoms with E-state index in [4.69, 9.17) is 5.73 Å². The zero-order valence-electron chi connectivity index (χ0n) is 8.44. The summed E-state index contributed by atoms with van der Waals surface area (Å²) in [6.45, 7) is 3.33. The van der Waals surface area contributed by atoms with Crippen LogP contribution in [0.2, 0.25) is 0 Å². The number of nitrogens with two attached hydrogens (primary N) is 1. The van der Waals surface area contributed by atoms with Crippen molar-refractivity contribution in [1.82, 2.24) is 10.2 Å². The van der Waals surface area contributed by atoms with Gasteiger partial charge in [-0.1, -0.05) is 18.3 Å². The van der Waals surface area contributed by atoms with Gasteiger partial charge >= 0.3 is 0 Å². The van der Waals surface area contributed by atoms with Crippen LogP contribution in [0, 0.1) is 0 Å². The number of anilines is 2. The van der Waals surface area contributed by atoms with Gasteiger partial charge in [-0.05, 0) is 25.7 Å². The molecule has 0 bridgehead atoms. The molecule has 4 nitrogen and oxygen atoms in total. The van der Waals surface area contributed by atoms with E-state index in [-0.39, 0.29) is 0 Å². The standard InChI is InChI=1S/C9H16N4S/c1-2-7-5-3-4-6-13(7)9-12-11-8(10)14-9/h7H,2-6H2,1H3,(H2,10,11). The lowest BCUT2D eigenvalue weighted by molar-refractivity contribution is 0.448. The number of aromatic nitrogens is 2. The van der Waals surface area contributed by atoms with Gasteiger partial charge in [0.1, 0.15) is 0 Å². The third-order valence-electron chi connectivity index (χ3n) is 2.77. The summed E-state index contributed by atoms with van der Waals surface area (Å²) < 4.78 is 0. The molecule has 14 heavy (non-hydrogen) atoms. The maximum Gasteiger partial charge on any atom is 0.210 e. The molecular formula is C9H16N4S. The molecule has 0 aliphatic carbocycles. The predicted octanol–water partition coefficient (Wildman–Crippen LogP) is 1.89. The topological polar surface area (TPSA) is 55.0 Å². The quantitative estimate of drug-likeness (QED) is 0.813. The summed E-state index contributed by atoms with van der Waals surface area (Å²) in [5.41, 5.74) is 5.59. The van der Waals surface area contributed by atoms with Crippen LogP contribution in [0.15, 0.2) is 0 Å². The molecule has 1 unspecified atom stereocenters. The lowest BCUT2D eigenvalue weighted by Gasteiger charge is -2.34. The van der Waals surface area contributed by atoms with E-state index in [9.17, 15) is 0 Å². The number of piperidine rings is 1. The highest BCUT2D eigenvalue weighted by atomic mass is 32.1. The fraction of sp³-hybridized carbons (Fsp3) is 0.778. The van der Waals surface area contributed by atoms with Crippen LogP contribution < -0.4 is 10.6 Å². The highest BCUT2D eigenvalue weighted by Crippen LogP contribution is 2.29. The van der Waals surface area contributed by atoms with E-state index in [2.05, 4.69) is 22.0 Å². The molecule has 2 heterocycles. The van der Waals surface area contributed by atoms with Crippen LogP contribution in [0.1, 0.15) is 32.6 Å². The van der Waals surface area contributed by atoms with E-state index in [1.807, 2.05) is 0 Å². The summed E-state index contributed by atoms with van der Waals surface area (Å²) in [6.07, 6.45) is 5.05. The highest BCUT2D eigenvalue weighted by Gasteiger charge is 2.23. The second kappa shape index (κ2) is 4.13. The first-order chi connectivity index (χ1) is 6.81. The first-order valence-electron chi connectivity index (χ1n) is 5.17. The Morgan fingerprint density at radius 1 is 1.50 bits per heavy atom. The summed E-state index contributed by atoms with van der Waals surface area (Å²) in [4.78, 5) is 2.36. The molecule has 0 radical (unpaired) electrons. The largest absolute Gasteiger partial charge is 0.374 e. The molecule has 1 aromatic heterocycles. The molecule has 1 saturated heterocycles. The minimum absolute atomic E-state index is 0.570. The third kappa shape index (κ3) is 1.82. The maximum absolute atomic E-state index is 5.59. The molecule has 2 N–H and O–H groups in total. The lowest BCUT2D eigenvalue weighted by atomic mass is 10.0. The van der Waals surface area contributed by atoms with Crippen molar-refractivity contribution in [3.05, 3.63) is 0 Å². The lowest BCUT2D eigenvalue weighted by Crippen LogP contribution is -2.39. The maximum atomic E-state index is 5.59. The summed E-state index contributed by atoms with van der Waals surface area (Å²) >= 11 is 1.49. The van der Waals surface area contributed by atoms with Crippen LogP contribution in [-0.2, 0) is 0 Å². The molecule has 1 aliphatic heterocycles. The number of hydrogen-bond acceptors (Lipinski definition) is 5. The van der Waals surface area contributed by atoms with Gasteiger partial charge in [0.05, 0.1) is 0 Å². The van der Waals surface area contributed by atoms with Crippen molar-refractivity contribution in [3.8, 4) is 0 Å². The van der Waals surface area contributed by atoms with Gasteiger partial charge in [-0.25, -0.2) is 0 Å². The minimum Gasteiger partial charge on any atom is -0.374 e. The number of nitrogen functional groups attached to an aromatic ring is 1. The minimum atomic E-state index is 0.570. The van der Waals surface area contributed by atoms with Gasteiger partial charge in [0.25, 0.3) is 0 Å². The summed E-state index contributed by atoms with van der Waals surface area (Å²) in [7, 11) is 0. The molecule has 1 aromatic rings. The molecule has 0 aromatic carbocycles. The predicted molar refractivity (Wildman–Crippen MR) is 59.6 cm³/mol. The van der Waals surface area contributed by atoms with Crippen LogP contribution in [0.5, 0.6) is 0 Å². The van der Waals surface area contributed by atoms with Crippen molar-refractivity contribution in [3.63, 3.8) is 0 Å². The van der Waals surface area contributed by atoms with Crippen molar-refractivity contribution in [1.29, 1.82) is 0 Å². The number of rotatable bonds is 2. The van der Waals surface area contributed by atoms with Crippen LogP contribution in [0.25, 0.3) is 0 Å². The zero-order valence-corrected chi connectivity index (χ0v) is 9.26. The van der Waals surface area contributed by atoms with Crippen LogP contribution >= 0.6 is 11.3 Å². The molecule has 5 heteroatoms. The van der Waals surface area contributed by atoms with E-state index in [1.54, 1.807) is 0 Å². The average molecular weight is 212 g/mol. The SMILES string of the molecule is CCC1CCCCN1c1nnc(N)s1. The highest BCUT2D eigenvalue weighted by molar-refractivity contribution is 7.18. The Hall–Kier alpha value is -0.840. The summed E-state index contributed by atoms with van der Waals surface area (Å²) in [6, 6.07) is 0.635. The Bertz CT molecular complexity index is 299. The van der Waals surface area contributed by atoms with E-state index in [0.29, 0.717) is 11.2 Å². The summed E-state index contributed by atoms with van der Waals surface area (Å²) in [5, 5.41) is 9.54. The fourth-order valence-electron chi connectivity index (χ4n) is 2.02. The Balaban J connectivity index is 2.14. The van der Waals surface area contributed by atoms with Crippen LogP contribution in [0.4, 0.5) is 10.3 Å². The molecule has 0 spiro atoms. The van der Waals surface area contributed by atoms with Crippen molar-refractivity contribution in [2.45, 2.75) is 38.6 Å². The average Bonchev–Trinajstić information content (AvgIpc) is 2.65. The van der Waals surface area contributed by atoms with Gasteiger partial charge in [-0.3, -0.25) is 0 Å². The van der Waals surface area contributed by atoms with Crippen LogP contribution in [-0.4, -0.2) is 22.8 Å². The monoisotopic (exact) mass is 212 g/mol. The van der Waals surface area contributed by atoms with Gasteiger partial charge < -0.3 is 10.6 Å². The van der Waals surface area contributed by atoms with E-state index >= 15 is 0 Å². The molecule has 78 valence electrons. The summed E-state index contributed by atoms with van der Waals surface area (Å²) in [5.74, 6) is 0. The Labute approximate surface area is 88.1 Å². The fourth-order valence-corrected chi connectivity index (χ4v) is 2.73. The van der Waals surface area contributed by atoms with Crippen molar-refractivity contribution < 1.29 is 0 Å². The molecule has 0 saturated carbocycles. The van der Waals surface area contributed by atoms with Gasteiger partial charge in [0, 0.05) is 12.6 Å². The first-order valence-corrected chi connectivity index (χ1v) is 5.98. The second-order valence-electron chi connectivity index (χ2n) is 3.67. The van der Waals surface area contributed by atoms with Gasteiger partial charge in [-0.2, -0.15) is 0 Å². The Morgan fingerprint density at radius 2 is 2.36 bits per heavy atom. The third-order valence-corrected chi connectivity index (χ3v) is 3.56. The smallest absolute Gasteiger partial charge is 0.210 e. The molecule has 1 atom stereocenters. The van der Waals surface area contributed by atoms with Gasteiger partial charge in [-0.15, -0.1) is 10.2 Å². The van der Waals surface area contributed by atoms with E-state index in [0.717, 1.165) is 11.7 Å². The molecule has 2 rings (SSSR count). The molecule has 1 fully saturated rings. The van der Waals surface area contributed by atoms with Gasteiger partial charge in [0.2, 0.25) is 10.3 Å². The normalized spacial score (nSPS) is 22.6. The number of nitrogens with zero attached hydrogens (tertiary/aromatic N) is 3. The Morgan fingerprint density at radius 3 is 3.00 bits per heavy atom. The van der Waals surface area contributed by atoms with Crippen molar-refractivity contribution in [2.24, 2.45) is 0 Å². The molecule has 1 aliphatic rings. The van der Waals surface area contributed by atoms with Crippen LogP contribution in [0.3, 0.4) is 0 Å². The zero-order chi connectivity index (χ0) is 9.97. The van der Waals surface area contributed by atoms with E-state index in [1.165, 1.54) is 37.0 Å². The Kier molecular flexibility index (Phi) is 2.86. The van der Waals surface area contributed by atoms with Gasteiger partial charge in [0.15, 0.2) is 0 Å².